The number of H-pyrrole nitrogens is 1. The third-order valence-corrected chi connectivity index (χ3v) is 3.03. The van der Waals surface area contributed by atoms with Gasteiger partial charge >= 0.3 is 0 Å². The van der Waals surface area contributed by atoms with E-state index in [0.717, 1.165) is 11.0 Å². The van der Waals surface area contributed by atoms with Gasteiger partial charge in [0.15, 0.2) is 0 Å². The molecule has 1 aromatic heterocycles. The fourth-order valence-electron chi connectivity index (χ4n) is 1.94. The van der Waals surface area contributed by atoms with Gasteiger partial charge in [0.1, 0.15) is 5.82 Å². The molecule has 0 saturated heterocycles. The number of fused-ring (bicyclic) bond motifs is 1. The molecule has 2 aromatic carbocycles. The minimum absolute atomic E-state index is 0.0246. The van der Waals surface area contributed by atoms with Gasteiger partial charge in [0.25, 0.3) is 5.69 Å². The van der Waals surface area contributed by atoms with E-state index in [1.54, 1.807) is 0 Å². The Morgan fingerprint density at radius 1 is 1.21 bits per heavy atom. The van der Waals surface area contributed by atoms with Crippen LogP contribution in [0.15, 0.2) is 42.5 Å². The van der Waals surface area contributed by atoms with E-state index in [1.807, 2.05) is 24.3 Å². The van der Waals surface area contributed by atoms with Gasteiger partial charge in [0, 0.05) is 11.1 Å². The highest BCUT2D eigenvalue weighted by molar-refractivity contribution is 6.31. The van der Waals surface area contributed by atoms with Gasteiger partial charge in [0.05, 0.1) is 21.5 Å². The average Bonchev–Trinajstić information content (AvgIpc) is 2.81. The maximum absolute atomic E-state index is 11.0. The van der Waals surface area contributed by atoms with E-state index in [-0.39, 0.29) is 5.69 Å². The Bertz CT molecular complexity index is 749. The van der Waals surface area contributed by atoms with Crippen LogP contribution in [0.4, 0.5) is 5.69 Å². The highest BCUT2D eigenvalue weighted by Crippen LogP contribution is 2.31. The Labute approximate surface area is 113 Å². The SMILES string of the molecule is O=[N+]([O-])c1ccc(Cl)cc1-c1nc2ccccc2[nH]1. The first-order chi connectivity index (χ1) is 9.15. The Morgan fingerprint density at radius 3 is 2.74 bits per heavy atom. The summed E-state index contributed by atoms with van der Waals surface area (Å²) in [5.41, 5.74) is 1.94. The first-order valence-electron chi connectivity index (χ1n) is 5.54. The number of hydrogen-bond acceptors (Lipinski definition) is 3. The summed E-state index contributed by atoms with van der Waals surface area (Å²) in [5, 5.41) is 11.5. The second-order valence-electron chi connectivity index (χ2n) is 4.02. The van der Waals surface area contributed by atoms with Gasteiger partial charge in [-0.1, -0.05) is 23.7 Å². The predicted molar refractivity (Wildman–Crippen MR) is 73.2 cm³/mol. The Kier molecular flexibility index (Phi) is 2.68. The predicted octanol–water partition coefficient (Wildman–Crippen LogP) is 3.79. The molecule has 0 saturated carbocycles. The van der Waals surface area contributed by atoms with E-state index in [9.17, 15) is 10.1 Å². The number of aromatic nitrogens is 2. The molecule has 3 rings (SSSR count). The van der Waals surface area contributed by atoms with Crippen molar-refractivity contribution in [3.63, 3.8) is 0 Å². The van der Waals surface area contributed by atoms with E-state index < -0.39 is 4.92 Å². The summed E-state index contributed by atoms with van der Waals surface area (Å²) >= 11 is 5.91. The van der Waals surface area contributed by atoms with E-state index in [1.165, 1.54) is 18.2 Å². The number of imidazole rings is 1. The third kappa shape index (κ3) is 2.04. The summed E-state index contributed by atoms with van der Waals surface area (Å²) in [6.07, 6.45) is 0. The second-order valence-corrected chi connectivity index (χ2v) is 4.46. The van der Waals surface area contributed by atoms with Crippen molar-refractivity contribution in [2.45, 2.75) is 0 Å². The largest absolute Gasteiger partial charge is 0.338 e. The molecule has 94 valence electrons. The number of nitro groups is 1. The molecule has 6 heteroatoms. The van der Waals surface area contributed by atoms with Crippen LogP contribution in [-0.2, 0) is 0 Å². The minimum Gasteiger partial charge on any atom is -0.338 e. The lowest BCUT2D eigenvalue weighted by Gasteiger charge is -2.00. The van der Waals surface area contributed by atoms with Crippen molar-refractivity contribution in [2.75, 3.05) is 0 Å². The summed E-state index contributed by atoms with van der Waals surface area (Å²) in [4.78, 5) is 18.0. The van der Waals surface area contributed by atoms with Gasteiger partial charge in [-0.2, -0.15) is 0 Å². The van der Waals surface area contributed by atoms with Crippen LogP contribution in [-0.4, -0.2) is 14.9 Å². The zero-order valence-electron chi connectivity index (χ0n) is 9.63. The molecule has 0 bridgehead atoms. The molecule has 5 nitrogen and oxygen atoms in total. The van der Waals surface area contributed by atoms with E-state index >= 15 is 0 Å². The van der Waals surface area contributed by atoms with Gasteiger partial charge < -0.3 is 4.98 Å². The lowest BCUT2D eigenvalue weighted by Crippen LogP contribution is -1.92. The summed E-state index contributed by atoms with van der Waals surface area (Å²) in [5.74, 6) is 0.440. The number of aromatic amines is 1. The summed E-state index contributed by atoms with van der Waals surface area (Å²) < 4.78 is 0. The van der Waals surface area contributed by atoms with E-state index in [2.05, 4.69) is 9.97 Å². The lowest BCUT2D eigenvalue weighted by molar-refractivity contribution is -0.384. The van der Waals surface area contributed by atoms with Crippen LogP contribution >= 0.6 is 11.6 Å². The Morgan fingerprint density at radius 2 is 2.00 bits per heavy atom. The van der Waals surface area contributed by atoms with Crippen molar-refractivity contribution in [3.05, 3.63) is 57.6 Å². The normalized spacial score (nSPS) is 10.8. The molecular weight excluding hydrogens is 266 g/mol. The molecule has 1 heterocycles. The number of nitro benzene ring substituents is 1. The molecule has 1 N–H and O–H groups in total. The average molecular weight is 274 g/mol. The molecule has 0 fully saturated rings. The molecule has 0 atom stereocenters. The van der Waals surface area contributed by atoms with Crippen LogP contribution in [0.5, 0.6) is 0 Å². The lowest BCUT2D eigenvalue weighted by atomic mass is 10.1. The zero-order chi connectivity index (χ0) is 13.4. The van der Waals surface area contributed by atoms with Crippen LogP contribution < -0.4 is 0 Å². The molecule has 0 aliphatic rings. The topological polar surface area (TPSA) is 71.8 Å². The first kappa shape index (κ1) is 11.7. The Hall–Kier alpha value is -2.40. The van der Waals surface area contributed by atoms with Gasteiger partial charge in [0.2, 0.25) is 0 Å². The van der Waals surface area contributed by atoms with E-state index in [0.29, 0.717) is 16.4 Å². The molecule has 0 unspecified atom stereocenters. The molecule has 3 aromatic rings. The number of para-hydroxylation sites is 2. The molecule has 19 heavy (non-hydrogen) atoms. The van der Waals surface area contributed by atoms with Crippen LogP contribution in [0.2, 0.25) is 5.02 Å². The molecular formula is C13H8ClN3O2. The summed E-state index contributed by atoms with van der Waals surface area (Å²) in [7, 11) is 0. The fourth-order valence-corrected chi connectivity index (χ4v) is 2.11. The summed E-state index contributed by atoms with van der Waals surface area (Å²) in [6, 6.07) is 11.8. The number of nitrogens with zero attached hydrogens (tertiary/aromatic N) is 2. The van der Waals surface area contributed by atoms with E-state index in [4.69, 9.17) is 11.6 Å². The van der Waals surface area contributed by atoms with Crippen molar-refractivity contribution in [3.8, 4) is 11.4 Å². The zero-order valence-corrected chi connectivity index (χ0v) is 10.4. The van der Waals surface area contributed by atoms with Crippen molar-refractivity contribution in [1.82, 2.24) is 9.97 Å². The molecule has 0 radical (unpaired) electrons. The summed E-state index contributed by atoms with van der Waals surface area (Å²) in [6.45, 7) is 0. The maximum atomic E-state index is 11.0. The number of rotatable bonds is 2. The first-order valence-corrected chi connectivity index (χ1v) is 5.92. The number of hydrogen-bond donors (Lipinski definition) is 1. The number of benzene rings is 2. The fraction of sp³-hybridized carbons (Fsp3) is 0. The quantitative estimate of drug-likeness (QED) is 0.570. The van der Waals surface area contributed by atoms with Gasteiger partial charge in [-0.05, 0) is 24.3 Å². The van der Waals surface area contributed by atoms with Gasteiger partial charge in [-0.25, -0.2) is 4.98 Å². The van der Waals surface area contributed by atoms with Crippen LogP contribution in [0.1, 0.15) is 0 Å². The van der Waals surface area contributed by atoms with Crippen molar-refractivity contribution >= 4 is 28.3 Å². The standard InChI is InChI=1S/C13H8ClN3O2/c14-8-5-6-12(17(18)19)9(7-8)13-15-10-3-1-2-4-11(10)16-13/h1-7H,(H,15,16). The highest BCUT2D eigenvalue weighted by Gasteiger charge is 2.18. The van der Waals surface area contributed by atoms with Crippen molar-refractivity contribution in [2.24, 2.45) is 0 Å². The smallest absolute Gasteiger partial charge is 0.280 e. The monoisotopic (exact) mass is 273 g/mol. The highest BCUT2D eigenvalue weighted by atomic mass is 35.5. The van der Waals surface area contributed by atoms with Crippen LogP contribution in [0, 0.1) is 10.1 Å². The van der Waals surface area contributed by atoms with Gasteiger partial charge in [-0.3, -0.25) is 10.1 Å². The number of halogens is 1. The molecule has 0 spiro atoms. The maximum Gasteiger partial charge on any atom is 0.280 e. The van der Waals surface area contributed by atoms with Crippen LogP contribution in [0.25, 0.3) is 22.4 Å². The molecule has 0 amide bonds. The van der Waals surface area contributed by atoms with Crippen molar-refractivity contribution < 1.29 is 4.92 Å². The van der Waals surface area contributed by atoms with Crippen LogP contribution in [0.3, 0.4) is 0 Å². The van der Waals surface area contributed by atoms with Gasteiger partial charge in [-0.15, -0.1) is 0 Å². The molecule has 0 aliphatic carbocycles. The Balaban J connectivity index is 2.25. The number of nitrogens with one attached hydrogen (secondary N) is 1. The second kappa shape index (κ2) is 4.37. The van der Waals surface area contributed by atoms with Crippen molar-refractivity contribution in [1.29, 1.82) is 0 Å². The molecule has 0 aliphatic heterocycles. The third-order valence-electron chi connectivity index (χ3n) is 2.80. The minimum atomic E-state index is -0.446.